The van der Waals surface area contributed by atoms with Crippen LogP contribution in [0.5, 0.6) is 0 Å². The van der Waals surface area contributed by atoms with Crippen molar-refractivity contribution in [3.05, 3.63) is 0 Å². The molecule has 14 heavy (non-hydrogen) atoms. The van der Waals surface area contributed by atoms with E-state index in [1.54, 1.807) is 0 Å². The van der Waals surface area contributed by atoms with Gasteiger partial charge in [0.1, 0.15) is 0 Å². The second-order valence-corrected chi connectivity index (χ2v) is 6.77. The highest BCUT2D eigenvalue weighted by Gasteiger charge is 2.38. The number of fused-ring (bicyclic) bond motifs is 1. The van der Waals surface area contributed by atoms with Crippen molar-refractivity contribution in [2.75, 3.05) is 6.54 Å². The van der Waals surface area contributed by atoms with Crippen LogP contribution in [-0.2, 0) is 9.24 Å². The molecule has 2 fully saturated rings. The molecule has 2 rings (SSSR count). The van der Waals surface area contributed by atoms with Gasteiger partial charge in [-0.25, -0.2) is 0 Å². The summed E-state index contributed by atoms with van der Waals surface area (Å²) in [6, 6.07) is 0.194. The second kappa shape index (κ2) is 3.99. The summed E-state index contributed by atoms with van der Waals surface area (Å²) in [5, 5.41) is 0. The molecule has 82 valence electrons. The molecule has 2 aliphatic rings. The fourth-order valence-corrected chi connectivity index (χ4v) is 4.31. The van der Waals surface area contributed by atoms with Crippen molar-refractivity contribution in [1.29, 1.82) is 0 Å². The molecule has 0 N–H and O–H groups in total. The van der Waals surface area contributed by atoms with Gasteiger partial charge in [0.15, 0.2) is 0 Å². The van der Waals surface area contributed by atoms with Crippen molar-refractivity contribution >= 4 is 19.9 Å². The van der Waals surface area contributed by atoms with Gasteiger partial charge in [0.05, 0.1) is 0 Å². The van der Waals surface area contributed by atoms with Crippen LogP contribution < -0.4 is 0 Å². The van der Waals surface area contributed by atoms with E-state index in [-0.39, 0.29) is 6.04 Å². The van der Waals surface area contributed by atoms with Gasteiger partial charge in [-0.05, 0) is 31.6 Å². The molecular weight excluding hydrogens is 222 g/mol. The Hall–Kier alpha value is 0.200. The molecule has 0 aromatic heterocycles. The number of piperidine rings is 1. The van der Waals surface area contributed by atoms with Crippen molar-refractivity contribution in [2.45, 2.75) is 44.6 Å². The van der Waals surface area contributed by atoms with Crippen LogP contribution in [0.2, 0.25) is 0 Å². The number of nitrogens with zero attached hydrogens (tertiary/aromatic N) is 1. The molecule has 5 heteroatoms. The van der Waals surface area contributed by atoms with Gasteiger partial charge in [-0.2, -0.15) is 12.7 Å². The summed E-state index contributed by atoms with van der Waals surface area (Å²) < 4.78 is 24.2. The van der Waals surface area contributed by atoms with E-state index < -0.39 is 9.24 Å². The molecule has 1 aliphatic carbocycles. The Kier molecular flexibility index (Phi) is 3.05. The minimum absolute atomic E-state index is 0.194. The zero-order valence-electron chi connectivity index (χ0n) is 8.15. The topological polar surface area (TPSA) is 37.4 Å². The molecule has 1 aliphatic heterocycles. The summed E-state index contributed by atoms with van der Waals surface area (Å²) in [6.07, 6.45) is 6.70. The van der Waals surface area contributed by atoms with Gasteiger partial charge in [-0.1, -0.05) is 12.8 Å². The van der Waals surface area contributed by atoms with E-state index in [0.29, 0.717) is 12.5 Å². The van der Waals surface area contributed by atoms with Gasteiger partial charge >= 0.3 is 0 Å². The summed E-state index contributed by atoms with van der Waals surface area (Å²) in [7, 11) is 1.94. The third kappa shape index (κ3) is 2.07. The highest BCUT2D eigenvalue weighted by molar-refractivity contribution is 8.11. The van der Waals surface area contributed by atoms with Crippen LogP contribution in [0.3, 0.4) is 0 Å². The quantitative estimate of drug-likeness (QED) is 0.656. The Bertz CT molecular complexity index is 302. The summed E-state index contributed by atoms with van der Waals surface area (Å²) in [5.41, 5.74) is 0. The van der Waals surface area contributed by atoms with E-state index in [1.807, 2.05) is 0 Å². The first-order chi connectivity index (χ1) is 6.59. The van der Waals surface area contributed by atoms with Crippen molar-refractivity contribution in [1.82, 2.24) is 4.31 Å². The third-order valence-corrected chi connectivity index (χ3v) is 5.02. The van der Waals surface area contributed by atoms with Gasteiger partial charge in [0.2, 0.25) is 0 Å². The normalized spacial score (nSPS) is 35.2. The maximum atomic E-state index is 11.3. The van der Waals surface area contributed by atoms with Crippen LogP contribution in [0.25, 0.3) is 0 Å². The van der Waals surface area contributed by atoms with Gasteiger partial charge < -0.3 is 0 Å². The first kappa shape index (κ1) is 10.7. The lowest BCUT2D eigenvalue weighted by Gasteiger charge is -2.41. The molecule has 2 unspecified atom stereocenters. The Morgan fingerprint density at radius 2 is 1.71 bits per heavy atom. The Labute approximate surface area is 90.0 Å². The van der Waals surface area contributed by atoms with E-state index in [1.165, 1.54) is 23.6 Å². The number of halogens is 1. The highest BCUT2D eigenvalue weighted by atomic mass is 35.7. The van der Waals surface area contributed by atoms with Gasteiger partial charge in [0, 0.05) is 23.3 Å². The number of rotatable bonds is 1. The first-order valence-electron chi connectivity index (χ1n) is 5.30. The molecule has 2 atom stereocenters. The zero-order valence-corrected chi connectivity index (χ0v) is 9.73. The van der Waals surface area contributed by atoms with Crippen molar-refractivity contribution in [3.8, 4) is 0 Å². The Morgan fingerprint density at radius 3 is 2.43 bits per heavy atom. The standard InChI is InChI=1S/C9H16ClNO2S/c10-14(12,13)11-7-3-5-8-4-1-2-6-9(8)11/h8-9H,1-7H2. The smallest absolute Gasteiger partial charge is 0.195 e. The Morgan fingerprint density at radius 1 is 1.07 bits per heavy atom. The SMILES string of the molecule is O=S(=O)(Cl)N1CCCC2CCCCC21. The predicted molar refractivity (Wildman–Crippen MR) is 56.5 cm³/mol. The van der Waals surface area contributed by atoms with Crippen LogP contribution in [-0.4, -0.2) is 25.3 Å². The van der Waals surface area contributed by atoms with Crippen molar-refractivity contribution < 1.29 is 8.42 Å². The summed E-state index contributed by atoms with van der Waals surface area (Å²) in [6.45, 7) is 0.618. The minimum atomic E-state index is -3.49. The maximum absolute atomic E-state index is 11.3. The van der Waals surface area contributed by atoms with Crippen LogP contribution in [0.4, 0.5) is 0 Å². The van der Waals surface area contributed by atoms with Crippen LogP contribution in [0.1, 0.15) is 38.5 Å². The van der Waals surface area contributed by atoms with E-state index in [9.17, 15) is 8.42 Å². The lowest BCUT2D eigenvalue weighted by molar-refractivity contribution is 0.131. The molecule has 1 saturated heterocycles. The van der Waals surface area contributed by atoms with Crippen molar-refractivity contribution in [2.24, 2.45) is 5.92 Å². The average molecular weight is 238 g/mol. The lowest BCUT2D eigenvalue weighted by atomic mass is 9.79. The monoisotopic (exact) mass is 237 g/mol. The average Bonchev–Trinajstić information content (AvgIpc) is 2.15. The fraction of sp³-hybridized carbons (Fsp3) is 1.00. The van der Waals surface area contributed by atoms with Gasteiger partial charge in [-0.3, -0.25) is 0 Å². The van der Waals surface area contributed by atoms with E-state index in [4.69, 9.17) is 10.7 Å². The molecule has 0 amide bonds. The second-order valence-electron chi connectivity index (χ2n) is 4.31. The molecule has 0 aromatic rings. The molecule has 3 nitrogen and oxygen atoms in total. The molecule has 1 saturated carbocycles. The minimum Gasteiger partial charge on any atom is -0.195 e. The molecule has 0 aromatic carbocycles. The molecule has 1 heterocycles. The zero-order chi connectivity index (χ0) is 10.2. The lowest BCUT2D eigenvalue weighted by Crippen LogP contribution is -2.47. The van der Waals surface area contributed by atoms with Crippen LogP contribution in [0.15, 0.2) is 0 Å². The molecule has 0 spiro atoms. The third-order valence-electron chi connectivity index (χ3n) is 3.47. The van der Waals surface area contributed by atoms with Gasteiger partial charge in [-0.15, -0.1) is 0 Å². The largest absolute Gasteiger partial charge is 0.300 e. The van der Waals surface area contributed by atoms with E-state index >= 15 is 0 Å². The summed E-state index contributed by atoms with van der Waals surface area (Å²) in [4.78, 5) is 0. The predicted octanol–water partition coefficient (Wildman–Crippen LogP) is 2.12. The Balaban J connectivity index is 2.17. The number of hydrogen-bond acceptors (Lipinski definition) is 2. The van der Waals surface area contributed by atoms with Crippen molar-refractivity contribution in [3.63, 3.8) is 0 Å². The van der Waals surface area contributed by atoms with Crippen LogP contribution in [0, 0.1) is 5.92 Å². The maximum Gasteiger partial charge on any atom is 0.300 e. The van der Waals surface area contributed by atoms with E-state index in [0.717, 1.165) is 19.3 Å². The first-order valence-corrected chi connectivity index (χ1v) is 7.57. The summed E-state index contributed by atoms with van der Waals surface area (Å²) >= 11 is 0. The highest BCUT2D eigenvalue weighted by Crippen LogP contribution is 2.37. The molecule has 0 bridgehead atoms. The summed E-state index contributed by atoms with van der Waals surface area (Å²) in [5.74, 6) is 0.561. The number of hydrogen-bond donors (Lipinski definition) is 0. The molecular formula is C9H16ClNO2S. The van der Waals surface area contributed by atoms with Crippen LogP contribution >= 0.6 is 10.7 Å². The molecule has 0 radical (unpaired) electrons. The fourth-order valence-electron chi connectivity index (χ4n) is 2.85. The van der Waals surface area contributed by atoms with Gasteiger partial charge in [0.25, 0.3) is 9.24 Å². The van der Waals surface area contributed by atoms with E-state index in [2.05, 4.69) is 0 Å².